The van der Waals surface area contributed by atoms with Crippen LogP contribution in [0.3, 0.4) is 0 Å². The highest BCUT2D eigenvalue weighted by Crippen LogP contribution is 2.35. The van der Waals surface area contributed by atoms with Crippen LogP contribution in [0, 0.1) is 0 Å². The predicted molar refractivity (Wildman–Crippen MR) is 218 cm³/mol. The average Bonchev–Trinajstić information content (AvgIpc) is 3.19. The number of ether oxygens (including phenoxy) is 2. The van der Waals surface area contributed by atoms with Gasteiger partial charge in [-0.25, -0.2) is 13.0 Å². The number of rotatable bonds is 7. The van der Waals surface area contributed by atoms with Crippen LogP contribution in [0.2, 0.25) is 0 Å². The minimum absolute atomic E-state index is 0.0189. The van der Waals surface area contributed by atoms with E-state index < -0.39 is 21.8 Å². The Balaban J connectivity index is 0.000000165. The Kier molecular flexibility index (Phi) is 10.6. The number of hydrogen-bond donors (Lipinski definition) is 0. The highest BCUT2D eigenvalue weighted by molar-refractivity contribution is 7.90. The Labute approximate surface area is 314 Å². The Hall–Kier alpha value is -5.08. The van der Waals surface area contributed by atoms with Crippen LogP contribution in [-0.4, -0.2) is 56.6 Å². The highest BCUT2D eigenvalue weighted by Gasteiger charge is 2.44. The van der Waals surface area contributed by atoms with Gasteiger partial charge in [-0.2, -0.15) is 21.9 Å². The molecular weight excluding hydrogens is 673 g/mol. The molecule has 0 aromatic heterocycles. The van der Waals surface area contributed by atoms with E-state index in [1.54, 1.807) is 12.1 Å². The normalized spacial score (nSPS) is 18.1. The molecule has 1 saturated heterocycles. The largest absolute Gasteiger partial charge is 0.343 e. The van der Waals surface area contributed by atoms with Gasteiger partial charge in [0.05, 0.1) is 4.90 Å². The third kappa shape index (κ3) is 7.84. The van der Waals surface area contributed by atoms with Crippen molar-refractivity contribution in [1.82, 2.24) is 0 Å². The third-order valence-electron chi connectivity index (χ3n) is 10.6. The molecule has 0 saturated carbocycles. The molecule has 0 radical (unpaired) electrons. The average molecular weight is 720 g/mol. The fraction of sp³-hybridized carbons (Fsp3) is 0.196. The summed E-state index contributed by atoms with van der Waals surface area (Å²) in [7, 11) is -3.22. The van der Waals surface area contributed by atoms with Crippen molar-refractivity contribution < 1.29 is 22.5 Å². The molecule has 6 aromatic rings. The minimum Gasteiger partial charge on any atom is -0.343 e. The van der Waals surface area contributed by atoms with Gasteiger partial charge in [0.1, 0.15) is 25.4 Å². The second kappa shape index (κ2) is 15.5. The summed E-state index contributed by atoms with van der Waals surface area (Å²) >= 11 is 0. The molecule has 6 aromatic carbocycles. The molecule has 1 fully saturated rings. The molecule has 0 bridgehead atoms. The number of fused-ring (bicyclic) bond motifs is 1. The predicted octanol–water partition coefficient (Wildman–Crippen LogP) is 6.03. The first-order valence-electron chi connectivity index (χ1n) is 18.3. The van der Waals surface area contributed by atoms with Gasteiger partial charge in [-0.3, -0.25) is 0 Å². The van der Waals surface area contributed by atoms with Gasteiger partial charge in [-0.05, 0) is 43.2 Å². The zero-order chi connectivity index (χ0) is 36.9. The lowest BCUT2D eigenvalue weighted by atomic mass is 9.13. The van der Waals surface area contributed by atoms with E-state index in [1.807, 2.05) is 26.0 Å². The van der Waals surface area contributed by atoms with E-state index in [0.717, 1.165) is 18.5 Å². The van der Waals surface area contributed by atoms with Gasteiger partial charge in [-0.15, -0.1) is 0 Å². The van der Waals surface area contributed by atoms with Crippen LogP contribution in [0.5, 0.6) is 0 Å². The van der Waals surface area contributed by atoms with Crippen LogP contribution in [0.4, 0.5) is 0 Å². The summed E-state index contributed by atoms with van der Waals surface area (Å²) in [5.74, 6) is -0.690. The Morgan fingerprint density at radius 3 is 1.55 bits per heavy atom. The van der Waals surface area contributed by atoms with Gasteiger partial charge < -0.3 is 9.47 Å². The summed E-state index contributed by atoms with van der Waals surface area (Å²) in [6, 6.07) is 59.0. The molecule has 5 nitrogen and oxygen atoms in total. The summed E-state index contributed by atoms with van der Waals surface area (Å²) in [5.41, 5.74) is 8.89. The first kappa shape index (κ1) is 36.3. The Morgan fingerprint density at radius 1 is 0.623 bits per heavy atom. The molecule has 53 heavy (non-hydrogen) atoms. The smallest absolute Gasteiger partial charge is 0.206 e. The lowest BCUT2D eigenvalue weighted by molar-refractivity contribution is -0.595. The van der Waals surface area contributed by atoms with Crippen molar-refractivity contribution in [3.63, 3.8) is 0 Å². The SMILES string of the molecule is CC1(C)OC[C@H]([N+]2=Cc3ccccc3CC2)[C@H](c2ccc(S(C)(=O)=O)cc2)O1.c1ccc([B-](c2ccccc2)(c2ccccc2)c2ccccc2)cc1. The van der Waals surface area contributed by atoms with Crippen molar-refractivity contribution >= 4 is 44.0 Å². The molecule has 0 unspecified atom stereocenters. The van der Waals surface area contributed by atoms with E-state index in [9.17, 15) is 8.42 Å². The maximum Gasteiger partial charge on any atom is 0.206 e. The zero-order valence-corrected chi connectivity index (χ0v) is 31.4. The molecule has 2 heterocycles. The van der Waals surface area contributed by atoms with Crippen molar-refractivity contribution in [3.05, 3.63) is 187 Å². The molecule has 0 amide bonds. The molecule has 0 spiro atoms. The Morgan fingerprint density at radius 2 is 1.08 bits per heavy atom. The van der Waals surface area contributed by atoms with E-state index >= 15 is 0 Å². The van der Waals surface area contributed by atoms with E-state index in [-0.39, 0.29) is 12.1 Å². The van der Waals surface area contributed by atoms with Crippen molar-refractivity contribution in [2.45, 2.75) is 43.1 Å². The molecular formula is C46H46BNO4S. The van der Waals surface area contributed by atoms with Crippen molar-refractivity contribution in [1.29, 1.82) is 0 Å². The van der Waals surface area contributed by atoms with E-state index in [4.69, 9.17) is 9.47 Å². The van der Waals surface area contributed by atoms with E-state index in [1.165, 1.54) is 39.2 Å². The monoisotopic (exact) mass is 719 g/mol. The van der Waals surface area contributed by atoms with Gasteiger partial charge in [0.15, 0.2) is 21.8 Å². The molecule has 2 aliphatic rings. The first-order chi connectivity index (χ1) is 25.6. The van der Waals surface area contributed by atoms with Gasteiger partial charge >= 0.3 is 0 Å². The number of sulfone groups is 1. The van der Waals surface area contributed by atoms with Crippen LogP contribution in [-0.2, 0) is 25.7 Å². The van der Waals surface area contributed by atoms with E-state index in [2.05, 4.69) is 156 Å². The minimum atomic E-state index is -3.22. The quantitative estimate of drug-likeness (QED) is 0.149. The van der Waals surface area contributed by atoms with Crippen LogP contribution in [0.1, 0.15) is 36.6 Å². The second-order valence-corrected chi connectivity index (χ2v) is 16.5. The maximum atomic E-state index is 11.8. The topological polar surface area (TPSA) is 55.6 Å². The number of benzene rings is 6. The number of nitrogens with zero attached hydrogens (tertiary/aromatic N) is 1. The first-order valence-corrected chi connectivity index (χ1v) is 20.2. The van der Waals surface area contributed by atoms with Crippen LogP contribution >= 0.6 is 0 Å². The van der Waals surface area contributed by atoms with Gasteiger partial charge in [0, 0.05) is 18.2 Å². The fourth-order valence-electron chi connectivity index (χ4n) is 8.02. The van der Waals surface area contributed by atoms with Crippen molar-refractivity contribution in [2.24, 2.45) is 0 Å². The van der Waals surface area contributed by atoms with Crippen LogP contribution in [0.25, 0.3) is 0 Å². The molecule has 8 rings (SSSR count). The summed E-state index contributed by atoms with van der Waals surface area (Å²) < 4.78 is 38.1. The Bertz CT molecular complexity index is 2100. The van der Waals surface area contributed by atoms with Crippen LogP contribution in [0.15, 0.2) is 175 Å². The van der Waals surface area contributed by atoms with Gasteiger partial charge in [0.2, 0.25) is 6.04 Å². The zero-order valence-electron chi connectivity index (χ0n) is 30.6. The third-order valence-corrected chi connectivity index (χ3v) is 11.8. The summed E-state index contributed by atoms with van der Waals surface area (Å²) in [4.78, 5) is 0.317. The standard InChI is InChI=1S/C24H20B.C22H26NO4S/c1-5-13-21(14-6-1)25(22-15-7-2-8-16-22,23-17-9-3-10-18-23)24-19-11-4-12-20-24;1-22(2)26-15-20(23-13-12-16-6-4-5-7-18(16)14-23)21(27-22)17-8-10-19(11-9-17)28(3,24)25/h1-20H;4-11,14,20-21H,12-13,15H2,1-3H3/q-1;+1/t;20-,21-/m.0/s1. The second-order valence-electron chi connectivity index (χ2n) is 14.5. The van der Waals surface area contributed by atoms with Crippen molar-refractivity contribution in [2.75, 3.05) is 19.4 Å². The molecule has 2 atom stereocenters. The molecule has 0 N–H and O–H groups in total. The molecule has 7 heteroatoms. The van der Waals surface area contributed by atoms with Crippen molar-refractivity contribution in [3.8, 4) is 0 Å². The van der Waals surface area contributed by atoms with E-state index in [0.29, 0.717) is 11.5 Å². The van der Waals surface area contributed by atoms with Gasteiger partial charge in [-0.1, -0.05) is 152 Å². The van der Waals surface area contributed by atoms with Gasteiger partial charge in [0.25, 0.3) is 0 Å². The molecule has 0 aliphatic carbocycles. The number of hydrogen-bond acceptors (Lipinski definition) is 4. The fourth-order valence-corrected chi connectivity index (χ4v) is 8.65. The van der Waals surface area contributed by atoms with Crippen LogP contribution < -0.4 is 21.9 Å². The lowest BCUT2D eigenvalue weighted by Gasteiger charge is -2.44. The summed E-state index contributed by atoms with van der Waals surface area (Å²) in [5, 5.41) is 0. The maximum absolute atomic E-state index is 11.8. The lowest BCUT2D eigenvalue weighted by Crippen LogP contribution is -2.74. The summed E-state index contributed by atoms with van der Waals surface area (Å²) in [6.07, 6.45) is 2.96. The highest BCUT2D eigenvalue weighted by atomic mass is 32.2. The molecule has 268 valence electrons. The summed E-state index contributed by atoms with van der Waals surface area (Å²) in [6.45, 7) is 5.27. The molecule has 2 aliphatic heterocycles.